The summed E-state index contributed by atoms with van der Waals surface area (Å²) < 4.78 is 0. The molecule has 0 rings (SSSR count). The zero-order valence-corrected chi connectivity index (χ0v) is 8.68. The minimum atomic E-state index is -1.58. The van der Waals surface area contributed by atoms with Gasteiger partial charge >= 0.3 is 46.9 Å². The molecule has 6 heteroatoms. The van der Waals surface area contributed by atoms with Crippen molar-refractivity contribution >= 4 is 57.4 Å². The normalized spacial score (nSPS) is 11.3. The van der Waals surface area contributed by atoms with Crippen LogP contribution in [-0.4, -0.2) is 63.5 Å². The standard InChI is InChI=1S/C4H7NO4.Sr/c5-2(4(8)9)1-3(6)7;/h2H,1,5H2,(H,6,7)(H,8,9);/q;+2/p-1. The van der Waals surface area contributed by atoms with Crippen molar-refractivity contribution in [3.8, 4) is 0 Å². The van der Waals surface area contributed by atoms with Gasteiger partial charge in [0.1, 0.15) is 0 Å². The Labute approximate surface area is 96.0 Å². The fourth-order valence-electron chi connectivity index (χ4n) is 0.263. The van der Waals surface area contributed by atoms with Gasteiger partial charge in [-0.2, -0.15) is 0 Å². The van der Waals surface area contributed by atoms with Crippen LogP contribution >= 0.6 is 0 Å². The van der Waals surface area contributed by atoms with E-state index in [1.54, 1.807) is 0 Å². The van der Waals surface area contributed by atoms with Crippen molar-refractivity contribution in [2.45, 2.75) is 12.5 Å². The molecule has 2 N–H and O–H groups in total. The summed E-state index contributed by atoms with van der Waals surface area (Å²) in [5.74, 6) is -3.08. The molecule has 1 unspecified atom stereocenters. The Balaban J connectivity index is -0.000000320. The van der Waals surface area contributed by atoms with Crippen LogP contribution in [0.2, 0.25) is 0 Å². The Bertz CT molecular complexity index is 142. The van der Waals surface area contributed by atoms with Crippen molar-refractivity contribution < 1.29 is 21.2 Å². The van der Waals surface area contributed by atoms with Crippen LogP contribution in [0, 0.1) is 0 Å². The largest absolute Gasteiger partial charge is 2.00 e. The van der Waals surface area contributed by atoms with Gasteiger partial charge in [-0.15, -0.1) is 0 Å². The monoisotopic (exact) mass is 220 g/mol. The molecule has 1 atom stereocenters. The third-order valence-electron chi connectivity index (χ3n) is 0.689. The zero-order chi connectivity index (χ0) is 7.44. The van der Waals surface area contributed by atoms with Crippen LogP contribution in [0.3, 0.4) is 0 Å². The number of carboxylic acids is 2. The molecule has 0 aromatic carbocycles. The minimum absolute atomic E-state index is 0. The number of aliphatic carboxylic acids is 2. The van der Waals surface area contributed by atoms with Crippen molar-refractivity contribution in [2.24, 2.45) is 5.73 Å². The van der Waals surface area contributed by atoms with Crippen LogP contribution in [0.15, 0.2) is 0 Å². The van der Waals surface area contributed by atoms with Crippen LogP contribution in [-0.2, 0) is 9.59 Å². The van der Waals surface area contributed by atoms with Gasteiger partial charge in [0.2, 0.25) is 0 Å². The summed E-state index contributed by atoms with van der Waals surface area (Å²) in [5, 5.41) is 19.3. The second kappa shape index (κ2) is 6.11. The Morgan fingerprint density at radius 3 is 2.00 bits per heavy atom. The van der Waals surface area contributed by atoms with Gasteiger partial charge in [-0.3, -0.25) is 0 Å². The molecule has 52 valence electrons. The molecular weight excluding hydrogens is 214 g/mol. The number of rotatable bonds is 3. The molecule has 0 fully saturated rings. The van der Waals surface area contributed by atoms with Crippen molar-refractivity contribution in [3.05, 3.63) is 0 Å². The van der Waals surface area contributed by atoms with Crippen LogP contribution < -0.4 is 15.9 Å². The quantitative estimate of drug-likeness (QED) is 0.486. The molecular formula is C4H6NO4Sr+. The molecule has 0 aliphatic rings. The van der Waals surface area contributed by atoms with Gasteiger partial charge in [0, 0.05) is 18.4 Å². The minimum Gasteiger partial charge on any atom is -0.550 e. The maximum Gasteiger partial charge on any atom is 2.00 e. The maximum atomic E-state index is 9.71. The molecule has 5 nitrogen and oxygen atoms in total. The maximum absolute atomic E-state index is 9.71. The molecule has 0 radical (unpaired) electrons. The number of carboxylic acid groups (broad SMARTS) is 2. The molecule has 0 aliphatic carbocycles. The van der Waals surface area contributed by atoms with Gasteiger partial charge in [-0.25, -0.2) is 0 Å². The number of nitrogens with two attached hydrogens (primary N) is 1. The van der Waals surface area contributed by atoms with E-state index in [9.17, 15) is 19.8 Å². The van der Waals surface area contributed by atoms with Crippen LogP contribution in [0.1, 0.15) is 7.85 Å². The fraction of sp³-hybridized carbons (Fsp3) is 0.500. The van der Waals surface area contributed by atoms with Crippen LogP contribution in [0.5, 0.6) is 0 Å². The Morgan fingerprint density at radius 1 is 1.50 bits per heavy atom. The predicted octanol–water partition coefficient (Wildman–Crippen LogP) is -4.06. The molecule has 0 saturated heterocycles. The first-order valence-electron chi connectivity index (χ1n) is 2.20. The van der Waals surface area contributed by atoms with E-state index in [2.05, 4.69) is 0 Å². The number of carbonyl (C=O) groups excluding carboxylic acids is 2. The predicted molar refractivity (Wildman–Crippen MR) is 29.5 cm³/mol. The van der Waals surface area contributed by atoms with E-state index in [-0.39, 0.29) is 46.9 Å². The van der Waals surface area contributed by atoms with Crippen molar-refractivity contribution in [3.63, 3.8) is 0 Å². The van der Waals surface area contributed by atoms with Crippen molar-refractivity contribution in [1.29, 1.82) is 0 Å². The van der Waals surface area contributed by atoms with Gasteiger partial charge in [0.05, 0.1) is 5.97 Å². The molecule has 0 heterocycles. The first-order valence-corrected chi connectivity index (χ1v) is 2.20. The Morgan fingerprint density at radius 2 is 1.90 bits per heavy atom. The van der Waals surface area contributed by atoms with Crippen LogP contribution in [0.4, 0.5) is 0 Å². The Hall–Kier alpha value is 0.381. The summed E-state index contributed by atoms with van der Waals surface area (Å²) in [6.45, 7) is 0. The number of hydrogen-bond acceptors (Lipinski definition) is 5. The van der Waals surface area contributed by atoms with Crippen molar-refractivity contribution in [1.82, 2.24) is 0 Å². The van der Waals surface area contributed by atoms with E-state index in [1.807, 2.05) is 0 Å². The Kier molecular flexibility index (Phi) is 7.95. The van der Waals surface area contributed by atoms with E-state index >= 15 is 0 Å². The second-order valence-corrected chi connectivity index (χ2v) is 1.50. The molecule has 0 aromatic heterocycles. The third kappa shape index (κ3) is 6.50. The average molecular weight is 220 g/mol. The number of carbonyl (C=O) groups is 2. The summed E-state index contributed by atoms with van der Waals surface area (Å²) in [6, 6.07) is -1.46. The van der Waals surface area contributed by atoms with E-state index in [4.69, 9.17) is 5.73 Å². The van der Waals surface area contributed by atoms with Crippen molar-refractivity contribution in [2.75, 3.05) is 0 Å². The van der Waals surface area contributed by atoms with E-state index in [1.165, 1.54) is 0 Å². The fourth-order valence-corrected chi connectivity index (χ4v) is 0.263. The van der Waals surface area contributed by atoms with Crippen LogP contribution in [0.25, 0.3) is 0 Å². The first kappa shape index (κ1) is 13.0. The molecule has 0 aliphatic heterocycles. The topological polar surface area (TPSA) is 106 Å². The summed E-state index contributed by atoms with van der Waals surface area (Å²) in [5.41, 5.74) is 4.73. The molecule has 0 bridgehead atoms. The molecule has 0 spiro atoms. The van der Waals surface area contributed by atoms with Gasteiger partial charge < -0.3 is 25.5 Å². The zero-order valence-electron chi connectivity index (χ0n) is 6.20. The second-order valence-electron chi connectivity index (χ2n) is 1.50. The van der Waals surface area contributed by atoms with Gasteiger partial charge in [0.25, 0.3) is 0 Å². The SMILES string of the molecule is NC(CC(=O)[O-])C(=O)[O-].[H+].[Sr+2]. The van der Waals surface area contributed by atoms with E-state index < -0.39 is 24.4 Å². The smallest absolute Gasteiger partial charge is 0.550 e. The summed E-state index contributed by atoms with van der Waals surface area (Å²) >= 11 is 0. The van der Waals surface area contributed by atoms with Gasteiger partial charge in [-0.1, -0.05) is 0 Å². The van der Waals surface area contributed by atoms with E-state index in [0.29, 0.717) is 0 Å². The van der Waals surface area contributed by atoms with E-state index in [0.717, 1.165) is 0 Å². The van der Waals surface area contributed by atoms with Gasteiger partial charge in [0.15, 0.2) is 0 Å². The number of hydrogen-bond donors (Lipinski definition) is 1. The summed E-state index contributed by atoms with van der Waals surface area (Å²) in [4.78, 5) is 19.3. The molecule has 0 amide bonds. The van der Waals surface area contributed by atoms with Gasteiger partial charge in [-0.05, 0) is 0 Å². The summed E-state index contributed by atoms with van der Waals surface area (Å²) in [7, 11) is 0. The molecule has 0 aromatic rings. The summed E-state index contributed by atoms with van der Waals surface area (Å²) in [6.07, 6.45) is -0.706. The molecule has 10 heavy (non-hydrogen) atoms. The molecule has 0 saturated carbocycles. The average Bonchev–Trinajstić information content (AvgIpc) is 1.63. The first-order chi connectivity index (χ1) is 4.04. The third-order valence-corrected chi connectivity index (χ3v) is 0.689.